The molecule has 1 N–H and O–H groups in total. The summed E-state index contributed by atoms with van der Waals surface area (Å²) in [6, 6.07) is 12.9. The monoisotopic (exact) mass is 420 g/mol. The van der Waals surface area contributed by atoms with Crippen molar-refractivity contribution < 1.29 is 22.7 Å². The van der Waals surface area contributed by atoms with Gasteiger partial charge < -0.3 is 14.8 Å². The number of aryl methyl sites for hydroxylation is 1. The van der Waals surface area contributed by atoms with Crippen LogP contribution in [0.5, 0.6) is 11.5 Å². The van der Waals surface area contributed by atoms with Gasteiger partial charge in [-0.05, 0) is 31.4 Å². The Kier molecular flexibility index (Phi) is 7.50. The Hall–Kier alpha value is -2.74. The first-order valence-corrected chi connectivity index (χ1v) is 11.1. The van der Waals surface area contributed by atoms with E-state index in [1.807, 2.05) is 37.3 Å². The second-order valence-electron chi connectivity index (χ2n) is 6.85. The number of sulfonamides is 1. The highest BCUT2D eigenvalue weighted by Gasteiger charge is 2.24. The van der Waals surface area contributed by atoms with Gasteiger partial charge in [-0.15, -0.1) is 0 Å². The number of benzene rings is 2. The first-order valence-electron chi connectivity index (χ1n) is 9.22. The van der Waals surface area contributed by atoms with E-state index in [0.29, 0.717) is 11.5 Å². The number of carbonyl (C=O) groups is 1. The van der Waals surface area contributed by atoms with Gasteiger partial charge in [0, 0.05) is 19.2 Å². The molecule has 158 valence electrons. The number of methoxy groups -OCH3 is 2. The normalized spacial score (nSPS) is 12.2. The van der Waals surface area contributed by atoms with Crippen molar-refractivity contribution in [2.75, 3.05) is 31.8 Å². The van der Waals surface area contributed by atoms with Crippen LogP contribution in [0.2, 0.25) is 0 Å². The topological polar surface area (TPSA) is 84.9 Å². The fourth-order valence-corrected chi connectivity index (χ4v) is 3.40. The van der Waals surface area contributed by atoms with Crippen molar-refractivity contribution >= 4 is 21.6 Å². The first-order chi connectivity index (χ1) is 13.7. The summed E-state index contributed by atoms with van der Waals surface area (Å²) in [7, 11) is 0.733. The number of nitrogens with one attached hydrogen (secondary N) is 1. The number of rotatable bonds is 9. The van der Waals surface area contributed by atoms with Gasteiger partial charge in [0.15, 0.2) is 11.5 Å². The van der Waals surface area contributed by atoms with E-state index >= 15 is 0 Å². The fraction of sp³-hybridized carbons (Fsp3) is 0.381. The van der Waals surface area contributed by atoms with Gasteiger partial charge in [0.05, 0.1) is 31.7 Å². The van der Waals surface area contributed by atoms with Crippen LogP contribution in [0, 0.1) is 0 Å². The third kappa shape index (κ3) is 5.87. The third-order valence-corrected chi connectivity index (χ3v) is 5.86. The first kappa shape index (κ1) is 22.5. The molecule has 29 heavy (non-hydrogen) atoms. The Labute approximate surface area is 172 Å². The van der Waals surface area contributed by atoms with E-state index in [1.165, 1.54) is 39.0 Å². The summed E-state index contributed by atoms with van der Waals surface area (Å²) in [5, 5.41) is 2.95. The Morgan fingerprint density at radius 3 is 2.24 bits per heavy atom. The zero-order valence-corrected chi connectivity index (χ0v) is 18.2. The van der Waals surface area contributed by atoms with E-state index in [9.17, 15) is 13.2 Å². The Morgan fingerprint density at radius 1 is 1.10 bits per heavy atom. The average Bonchev–Trinajstić information content (AvgIpc) is 2.70. The molecule has 1 atom stereocenters. The van der Waals surface area contributed by atoms with Crippen molar-refractivity contribution in [1.29, 1.82) is 0 Å². The van der Waals surface area contributed by atoms with Crippen LogP contribution in [-0.4, -0.2) is 47.9 Å². The molecule has 0 heterocycles. The maximum Gasteiger partial charge on any atom is 0.253 e. The quantitative estimate of drug-likeness (QED) is 0.674. The van der Waals surface area contributed by atoms with Crippen LogP contribution in [0.25, 0.3) is 0 Å². The zero-order valence-electron chi connectivity index (χ0n) is 17.4. The lowest BCUT2D eigenvalue weighted by atomic mass is 10.1. The van der Waals surface area contributed by atoms with Crippen molar-refractivity contribution in [3.05, 3.63) is 53.6 Å². The maximum absolute atomic E-state index is 13.0. The maximum atomic E-state index is 13.0. The van der Waals surface area contributed by atoms with Gasteiger partial charge in [0.1, 0.15) is 0 Å². The minimum absolute atomic E-state index is 0.104. The van der Waals surface area contributed by atoms with E-state index in [1.54, 1.807) is 0 Å². The fourth-order valence-electron chi connectivity index (χ4n) is 2.89. The molecule has 0 aromatic heterocycles. The van der Waals surface area contributed by atoms with Crippen molar-refractivity contribution in [1.82, 2.24) is 5.32 Å². The van der Waals surface area contributed by atoms with Crippen molar-refractivity contribution in [2.24, 2.45) is 0 Å². The zero-order chi connectivity index (χ0) is 21.6. The highest BCUT2D eigenvalue weighted by atomic mass is 32.2. The van der Waals surface area contributed by atoms with Crippen LogP contribution in [0.4, 0.5) is 5.69 Å². The molecule has 1 amide bonds. The predicted octanol–water partition coefficient (Wildman–Crippen LogP) is 2.85. The molecule has 2 aromatic rings. The summed E-state index contributed by atoms with van der Waals surface area (Å²) in [5.41, 5.74) is 1.61. The largest absolute Gasteiger partial charge is 0.493 e. The van der Waals surface area contributed by atoms with Gasteiger partial charge in [-0.3, -0.25) is 9.10 Å². The third-order valence-electron chi connectivity index (χ3n) is 4.67. The van der Waals surface area contributed by atoms with Crippen LogP contribution in [0.1, 0.15) is 29.3 Å². The molecule has 2 rings (SSSR count). The van der Waals surface area contributed by atoms with Crippen LogP contribution in [0.3, 0.4) is 0 Å². The summed E-state index contributed by atoms with van der Waals surface area (Å²) in [6.07, 6.45) is 2.65. The van der Waals surface area contributed by atoms with Crippen LogP contribution < -0.4 is 19.1 Å². The van der Waals surface area contributed by atoms with Gasteiger partial charge in [-0.1, -0.05) is 30.3 Å². The lowest BCUT2D eigenvalue weighted by molar-refractivity contribution is 0.0938. The number of hydrogen-bond donors (Lipinski definition) is 1. The van der Waals surface area contributed by atoms with Gasteiger partial charge >= 0.3 is 0 Å². The summed E-state index contributed by atoms with van der Waals surface area (Å²) in [5.74, 6) is 0.309. The molecular weight excluding hydrogens is 392 g/mol. The van der Waals surface area contributed by atoms with Crippen LogP contribution in [0.15, 0.2) is 42.5 Å². The summed E-state index contributed by atoms with van der Waals surface area (Å²) in [4.78, 5) is 13.0. The van der Waals surface area contributed by atoms with E-state index < -0.39 is 10.0 Å². The molecule has 0 fully saturated rings. The van der Waals surface area contributed by atoms with Crippen LogP contribution >= 0.6 is 0 Å². The summed E-state index contributed by atoms with van der Waals surface area (Å²) < 4.78 is 35.7. The molecule has 0 aliphatic heterocycles. The van der Waals surface area contributed by atoms with Crippen molar-refractivity contribution in [3.63, 3.8) is 0 Å². The molecular formula is C21H28N2O5S. The number of nitrogens with zero attached hydrogens (tertiary/aromatic N) is 1. The van der Waals surface area contributed by atoms with Crippen molar-refractivity contribution in [3.8, 4) is 11.5 Å². The van der Waals surface area contributed by atoms with Crippen molar-refractivity contribution in [2.45, 2.75) is 25.8 Å². The minimum atomic E-state index is -3.57. The minimum Gasteiger partial charge on any atom is -0.493 e. The van der Waals surface area contributed by atoms with Gasteiger partial charge in [0.25, 0.3) is 5.91 Å². The summed E-state index contributed by atoms with van der Waals surface area (Å²) >= 11 is 0. The summed E-state index contributed by atoms with van der Waals surface area (Å²) in [6.45, 7) is 1.92. The van der Waals surface area contributed by atoms with E-state index in [4.69, 9.17) is 9.47 Å². The molecule has 0 radical (unpaired) electrons. The molecule has 0 bridgehead atoms. The number of carbonyl (C=O) groups excluding carboxylic acids is 1. The molecule has 2 aromatic carbocycles. The number of ether oxygens (including phenoxy) is 2. The molecule has 7 nitrogen and oxygen atoms in total. The highest BCUT2D eigenvalue weighted by Crippen LogP contribution is 2.35. The molecule has 0 saturated heterocycles. The lowest BCUT2D eigenvalue weighted by Crippen LogP contribution is -2.35. The van der Waals surface area contributed by atoms with Gasteiger partial charge in [-0.25, -0.2) is 8.42 Å². The Bertz CT molecular complexity index is 945. The molecule has 0 spiro atoms. The standard InChI is InChI=1S/C21H28N2O5S/c1-15(11-12-16-9-7-6-8-10-16)22-21(24)17-13-19(27-3)20(28-4)14-18(17)23(2)29(5,25)26/h6-10,13-15H,11-12H2,1-5H3,(H,22,24)/t15-/m0/s1. The second-order valence-corrected chi connectivity index (χ2v) is 8.87. The second kappa shape index (κ2) is 9.65. The lowest BCUT2D eigenvalue weighted by Gasteiger charge is -2.23. The molecule has 0 unspecified atom stereocenters. The Balaban J connectivity index is 2.27. The smallest absolute Gasteiger partial charge is 0.253 e. The molecule has 0 aliphatic carbocycles. The average molecular weight is 421 g/mol. The number of hydrogen-bond acceptors (Lipinski definition) is 5. The number of anilines is 1. The number of amides is 1. The van der Waals surface area contributed by atoms with Crippen LogP contribution in [-0.2, 0) is 16.4 Å². The SMILES string of the molecule is COc1cc(C(=O)N[C@@H](C)CCc2ccccc2)c(N(C)S(C)(=O)=O)cc1OC. The molecule has 0 aliphatic rings. The Morgan fingerprint density at radius 2 is 1.69 bits per heavy atom. The molecule has 0 saturated carbocycles. The van der Waals surface area contributed by atoms with E-state index in [2.05, 4.69) is 5.32 Å². The van der Waals surface area contributed by atoms with E-state index in [0.717, 1.165) is 23.4 Å². The highest BCUT2D eigenvalue weighted by molar-refractivity contribution is 7.92. The van der Waals surface area contributed by atoms with Gasteiger partial charge in [-0.2, -0.15) is 0 Å². The van der Waals surface area contributed by atoms with Gasteiger partial charge in [0.2, 0.25) is 10.0 Å². The molecule has 8 heteroatoms. The van der Waals surface area contributed by atoms with E-state index in [-0.39, 0.29) is 23.2 Å². The predicted molar refractivity (Wildman–Crippen MR) is 114 cm³/mol.